The summed E-state index contributed by atoms with van der Waals surface area (Å²) in [5, 5.41) is 9.21. The number of aryl methyl sites for hydroxylation is 3. The normalized spacial score (nSPS) is 11.5. The van der Waals surface area contributed by atoms with E-state index >= 15 is 0 Å². The molecule has 0 spiro atoms. The van der Waals surface area contributed by atoms with E-state index in [1.165, 1.54) is 5.56 Å². The van der Waals surface area contributed by atoms with Crippen LogP contribution in [0.1, 0.15) is 23.6 Å². The third kappa shape index (κ3) is 3.26. The Balaban J connectivity index is 1.86. The van der Waals surface area contributed by atoms with E-state index in [1.54, 1.807) is 0 Å². The molecule has 27 heavy (non-hydrogen) atoms. The number of fused-ring (bicyclic) bond motifs is 1. The minimum Gasteiger partial charge on any atom is -0.283 e. The Morgan fingerprint density at radius 1 is 0.852 bits per heavy atom. The number of rotatable bonds is 4. The van der Waals surface area contributed by atoms with Crippen molar-refractivity contribution in [3.8, 4) is 11.3 Å². The summed E-state index contributed by atoms with van der Waals surface area (Å²) in [6.45, 7) is 6.27. The van der Waals surface area contributed by atoms with Crippen molar-refractivity contribution in [1.29, 1.82) is 0 Å². The summed E-state index contributed by atoms with van der Waals surface area (Å²) in [6.07, 6.45) is 3.00. The fourth-order valence-electron chi connectivity index (χ4n) is 3.23. The average Bonchev–Trinajstić information content (AvgIpc) is 3.06. The van der Waals surface area contributed by atoms with Crippen molar-refractivity contribution in [1.82, 2.24) is 9.38 Å². The summed E-state index contributed by atoms with van der Waals surface area (Å²) in [5.41, 5.74) is 7.20. The van der Waals surface area contributed by atoms with E-state index in [9.17, 15) is 0 Å². The third-order valence-corrected chi connectivity index (χ3v) is 4.82. The monoisotopic (exact) mass is 354 g/mol. The molecule has 134 valence electrons. The molecule has 2 heterocycles. The Hall–Kier alpha value is -3.27. The lowest BCUT2D eigenvalue weighted by atomic mass is 10.1. The van der Waals surface area contributed by atoms with E-state index in [-0.39, 0.29) is 0 Å². The first-order valence-corrected chi connectivity index (χ1v) is 9.21. The SMILES string of the molecule is CCc1ccc(-c2nc3ccccn3c2N=Nc2c(C)cccc2C)cc1. The zero-order valence-corrected chi connectivity index (χ0v) is 15.8. The van der Waals surface area contributed by atoms with Crippen LogP contribution in [0.15, 0.2) is 77.1 Å². The van der Waals surface area contributed by atoms with E-state index in [0.717, 1.165) is 46.0 Å². The lowest BCUT2D eigenvalue weighted by Gasteiger charge is -2.04. The van der Waals surface area contributed by atoms with Crippen LogP contribution in [0.5, 0.6) is 0 Å². The smallest absolute Gasteiger partial charge is 0.187 e. The zero-order valence-electron chi connectivity index (χ0n) is 15.8. The van der Waals surface area contributed by atoms with Gasteiger partial charge < -0.3 is 0 Å². The molecule has 0 N–H and O–H groups in total. The van der Waals surface area contributed by atoms with Crippen molar-refractivity contribution in [3.63, 3.8) is 0 Å². The fourth-order valence-corrected chi connectivity index (χ4v) is 3.23. The molecule has 0 bridgehead atoms. The van der Waals surface area contributed by atoms with Crippen LogP contribution in [-0.4, -0.2) is 9.38 Å². The maximum atomic E-state index is 4.80. The summed E-state index contributed by atoms with van der Waals surface area (Å²) in [5.74, 6) is 0.748. The van der Waals surface area contributed by atoms with E-state index in [2.05, 4.69) is 67.4 Å². The summed E-state index contributed by atoms with van der Waals surface area (Å²) in [7, 11) is 0. The number of aromatic nitrogens is 2. The van der Waals surface area contributed by atoms with Gasteiger partial charge in [0.1, 0.15) is 11.3 Å². The molecule has 0 unspecified atom stereocenters. The van der Waals surface area contributed by atoms with Crippen LogP contribution in [0.4, 0.5) is 11.5 Å². The molecule has 2 aromatic carbocycles. The van der Waals surface area contributed by atoms with Crippen LogP contribution < -0.4 is 0 Å². The van der Waals surface area contributed by atoms with Crippen LogP contribution in [0.3, 0.4) is 0 Å². The summed E-state index contributed by atoms with van der Waals surface area (Å²) >= 11 is 0. The van der Waals surface area contributed by atoms with Gasteiger partial charge in [0.15, 0.2) is 5.82 Å². The van der Waals surface area contributed by atoms with Gasteiger partial charge >= 0.3 is 0 Å². The van der Waals surface area contributed by atoms with Gasteiger partial charge in [0, 0.05) is 11.8 Å². The van der Waals surface area contributed by atoms with Gasteiger partial charge in [-0.1, -0.05) is 55.5 Å². The molecule has 4 nitrogen and oxygen atoms in total. The molecular formula is C23H22N4. The molecule has 0 atom stereocenters. The Kier molecular flexibility index (Phi) is 4.55. The van der Waals surface area contributed by atoms with Gasteiger partial charge in [0.05, 0.1) is 5.69 Å². The van der Waals surface area contributed by atoms with Gasteiger partial charge in [-0.2, -0.15) is 0 Å². The van der Waals surface area contributed by atoms with Crippen molar-refractivity contribution in [2.45, 2.75) is 27.2 Å². The van der Waals surface area contributed by atoms with Crippen molar-refractivity contribution in [2.75, 3.05) is 0 Å². The Morgan fingerprint density at radius 3 is 2.30 bits per heavy atom. The quantitative estimate of drug-likeness (QED) is 0.381. The topological polar surface area (TPSA) is 42.0 Å². The number of hydrogen-bond acceptors (Lipinski definition) is 3. The highest BCUT2D eigenvalue weighted by Crippen LogP contribution is 2.33. The Labute approximate surface area is 159 Å². The van der Waals surface area contributed by atoms with Crippen molar-refractivity contribution >= 4 is 17.2 Å². The van der Waals surface area contributed by atoms with Crippen LogP contribution in [0, 0.1) is 13.8 Å². The molecule has 0 saturated carbocycles. The molecular weight excluding hydrogens is 332 g/mol. The predicted octanol–water partition coefficient (Wildman–Crippen LogP) is 6.60. The number of benzene rings is 2. The van der Waals surface area contributed by atoms with Crippen LogP contribution >= 0.6 is 0 Å². The lowest BCUT2D eigenvalue weighted by molar-refractivity contribution is 1.09. The minimum absolute atomic E-state index is 0.748. The van der Waals surface area contributed by atoms with E-state index < -0.39 is 0 Å². The number of azo groups is 1. The molecule has 0 amide bonds. The standard InChI is InChI=1S/C23H22N4/c1-4-18-11-13-19(14-12-18)22-23(27-15-6-5-10-20(27)24-22)26-25-21-16(2)8-7-9-17(21)3/h5-15H,4H2,1-3H3. The molecule has 0 aliphatic rings. The highest BCUT2D eigenvalue weighted by Gasteiger charge is 2.14. The fraction of sp³-hybridized carbons (Fsp3) is 0.174. The lowest BCUT2D eigenvalue weighted by Crippen LogP contribution is -1.84. The number of pyridine rings is 1. The number of nitrogens with zero attached hydrogens (tertiary/aromatic N) is 4. The van der Waals surface area contributed by atoms with Crippen molar-refractivity contribution in [2.24, 2.45) is 10.2 Å². The minimum atomic E-state index is 0.748. The number of imidazole rings is 1. The van der Waals surface area contributed by atoms with E-state index in [0.29, 0.717) is 0 Å². The van der Waals surface area contributed by atoms with Gasteiger partial charge in [-0.15, -0.1) is 10.2 Å². The molecule has 0 aliphatic heterocycles. The molecule has 0 saturated heterocycles. The second kappa shape index (κ2) is 7.16. The van der Waals surface area contributed by atoms with Crippen LogP contribution in [0.25, 0.3) is 16.9 Å². The van der Waals surface area contributed by atoms with Crippen molar-refractivity contribution < 1.29 is 0 Å². The van der Waals surface area contributed by atoms with Gasteiger partial charge in [0.25, 0.3) is 0 Å². The highest BCUT2D eigenvalue weighted by atomic mass is 15.2. The van der Waals surface area contributed by atoms with Gasteiger partial charge in [-0.25, -0.2) is 4.98 Å². The van der Waals surface area contributed by atoms with Gasteiger partial charge in [-0.05, 0) is 49.1 Å². The summed E-state index contributed by atoms with van der Waals surface area (Å²) in [6, 6.07) is 20.6. The predicted molar refractivity (Wildman–Crippen MR) is 110 cm³/mol. The van der Waals surface area contributed by atoms with Crippen molar-refractivity contribution in [3.05, 3.63) is 83.6 Å². The Bertz CT molecular complexity index is 1100. The largest absolute Gasteiger partial charge is 0.283 e. The van der Waals surface area contributed by atoms with Crippen LogP contribution in [-0.2, 0) is 6.42 Å². The molecule has 4 rings (SSSR count). The molecule has 0 fully saturated rings. The summed E-state index contributed by atoms with van der Waals surface area (Å²) in [4.78, 5) is 4.80. The first-order valence-electron chi connectivity index (χ1n) is 9.21. The van der Waals surface area contributed by atoms with Gasteiger partial charge in [0.2, 0.25) is 0 Å². The molecule has 4 heteroatoms. The average molecular weight is 354 g/mol. The molecule has 0 aliphatic carbocycles. The second-order valence-corrected chi connectivity index (χ2v) is 6.70. The molecule has 0 radical (unpaired) electrons. The maximum absolute atomic E-state index is 4.80. The Morgan fingerprint density at radius 2 is 1.59 bits per heavy atom. The zero-order chi connectivity index (χ0) is 18.8. The molecule has 2 aromatic heterocycles. The second-order valence-electron chi connectivity index (χ2n) is 6.70. The van der Waals surface area contributed by atoms with E-state index in [4.69, 9.17) is 4.98 Å². The van der Waals surface area contributed by atoms with Crippen LogP contribution in [0.2, 0.25) is 0 Å². The molecule has 4 aromatic rings. The number of hydrogen-bond donors (Lipinski definition) is 0. The van der Waals surface area contributed by atoms with E-state index in [1.807, 2.05) is 34.9 Å². The van der Waals surface area contributed by atoms with Gasteiger partial charge in [-0.3, -0.25) is 4.40 Å². The maximum Gasteiger partial charge on any atom is 0.187 e. The first-order chi connectivity index (χ1) is 13.2. The summed E-state index contributed by atoms with van der Waals surface area (Å²) < 4.78 is 1.99. The highest BCUT2D eigenvalue weighted by molar-refractivity contribution is 5.74. The third-order valence-electron chi connectivity index (χ3n) is 4.82. The first kappa shape index (κ1) is 17.2.